The number of carbonyl (C=O) groups excluding carboxylic acids is 1. The van der Waals surface area contributed by atoms with Crippen molar-refractivity contribution >= 4 is 27.3 Å². The molecule has 6 nitrogen and oxygen atoms in total. The average molecular weight is 405 g/mol. The second kappa shape index (κ2) is 9.10. The highest BCUT2D eigenvalue weighted by atomic mass is 32.2. The number of hydrogen-bond acceptors (Lipinski definition) is 4. The summed E-state index contributed by atoms with van der Waals surface area (Å²) in [7, 11) is -3.67. The van der Waals surface area contributed by atoms with Crippen LogP contribution in [0.2, 0.25) is 0 Å². The van der Waals surface area contributed by atoms with Crippen molar-refractivity contribution in [2.75, 3.05) is 22.5 Å². The first kappa shape index (κ1) is 21.8. The Morgan fingerprint density at radius 2 is 1.75 bits per heavy atom. The Kier molecular flexibility index (Phi) is 7.07. The molecule has 0 unspecified atom stereocenters. The number of aryl methyl sites for hydroxylation is 2. The molecule has 0 heterocycles. The van der Waals surface area contributed by atoms with Crippen LogP contribution in [-0.2, 0) is 14.8 Å². The van der Waals surface area contributed by atoms with E-state index in [0.717, 1.165) is 17.4 Å². The smallest absolute Gasteiger partial charge is 0.248 e. The monoisotopic (exact) mass is 404 g/mol. The molecule has 152 valence electrons. The predicted molar refractivity (Wildman–Crippen MR) is 114 cm³/mol. The van der Waals surface area contributed by atoms with Gasteiger partial charge in [0.1, 0.15) is 11.8 Å². The Morgan fingerprint density at radius 3 is 2.29 bits per heavy atom. The first-order valence-corrected chi connectivity index (χ1v) is 11.1. The quantitative estimate of drug-likeness (QED) is 0.724. The zero-order chi connectivity index (χ0) is 20.9. The highest BCUT2D eigenvalue weighted by molar-refractivity contribution is 7.92. The van der Waals surface area contributed by atoms with Crippen LogP contribution in [0.3, 0.4) is 0 Å². The molecule has 0 bridgehead atoms. The van der Waals surface area contributed by atoms with E-state index in [9.17, 15) is 13.2 Å². The Bertz CT molecular complexity index is 921. The van der Waals surface area contributed by atoms with Gasteiger partial charge in [-0.2, -0.15) is 0 Å². The van der Waals surface area contributed by atoms with Crippen LogP contribution < -0.4 is 14.4 Å². The molecular formula is C21H28N2O4S. The largest absolute Gasteiger partial charge is 0.494 e. The lowest BCUT2D eigenvalue weighted by molar-refractivity contribution is -0.117. The number of nitrogens with zero attached hydrogens (tertiary/aromatic N) is 1. The highest BCUT2D eigenvalue weighted by Gasteiger charge is 2.31. The fraction of sp³-hybridized carbons (Fsp3) is 0.381. The maximum absolute atomic E-state index is 13.0. The van der Waals surface area contributed by atoms with E-state index in [-0.39, 0.29) is 5.91 Å². The molecule has 2 rings (SSSR count). The molecule has 0 radical (unpaired) electrons. The van der Waals surface area contributed by atoms with Gasteiger partial charge in [0.2, 0.25) is 15.9 Å². The molecule has 0 spiro atoms. The van der Waals surface area contributed by atoms with E-state index in [1.807, 2.05) is 26.8 Å². The Hall–Kier alpha value is -2.54. The topological polar surface area (TPSA) is 75.7 Å². The molecule has 1 atom stereocenters. The highest BCUT2D eigenvalue weighted by Crippen LogP contribution is 2.26. The lowest BCUT2D eigenvalue weighted by Gasteiger charge is -2.30. The van der Waals surface area contributed by atoms with E-state index in [0.29, 0.717) is 30.2 Å². The van der Waals surface area contributed by atoms with E-state index in [4.69, 9.17) is 4.74 Å². The molecule has 0 aliphatic carbocycles. The Morgan fingerprint density at radius 1 is 1.11 bits per heavy atom. The summed E-state index contributed by atoms with van der Waals surface area (Å²) in [5.74, 6) is 0.253. The molecule has 0 saturated carbocycles. The van der Waals surface area contributed by atoms with Crippen molar-refractivity contribution in [2.45, 2.75) is 40.2 Å². The van der Waals surface area contributed by atoms with Crippen LogP contribution in [0.1, 0.15) is 31.4 Å². The molecule has 0 aliphatic rings. The maximum atomic E-state index is 13.0. The van der Waals surface area contributed by atoms with Gasteiger partial charge in [-0.25, -0.2) is 8.42 Å². The van der Waals surface area contributed by atoms with Crippen LogP contribution in [0.5, 0.6) is 5.75 Å². The van der Waals surface area contributed by atoms with E-state index < -0.39 is 16.1 Å². The molecule has 1 amide bonds. The van der Waals surface area contributed by atoms with E-state index in [1.165, 1.54) is 4.31 Å². The van der Waals surface area contributed by atoms with Crippen molar-refractivity contribution in [3.8, 4) is 5.75 Å². The SMILES string of the molecule is CCOc1cccc(NC(=O)[C@@H](CC)N(c2cc(C)cc(C)c2)S(C)(=O)=O)c1. The summed E-state index contributed by atoms with van der Waals surface area (Å²) < 4.78 is 31.8. The average Bonchev–Trinajstić information content (AvgIpc) is 2.58. The lowest BCUT2D eigenvalue weighted by Crippen LogP contribution is -2.47. The number of benzene rings is 2. The molecule has 7 heteroatoms. The number of sulfonamides is 1. The molecule has 0 fully saturated rings. The van der Waals surface area contributed by atoms with Gasteiger partial charge < -0.3 is 10.1 Å². The van der Waals surface area contributed by atoms with E-state index in [2.05, 4.69) is 5.32 Å². The molecule has 2 aromatic rings. The van der Waals surface area contributed by atoms with Gasteiger partial charge in [0, 0.05) is 11.8 Å². The van der Waals surface area contributed by atoms with Crippen molar-refractivity contribution in [1.29, 1.82) is 0 Å². The molecular weight excluding hydrogens is 376 g/mol. The zero-order valence-corrected chi connectivity index (χ0v) is 17.8. The summed E-state index contributed by atoms with van der Waals surface area (Å²) in [4.78, 5) is 13.0. The van der Waals surface area contributed by atoms with Gasteiger partial charge in [0.05, 0.1) is 18.6 Å². The summed E-state index contributed by atoms with van der Waals surface area (Å²) >= 11 is 0. The summed E-state index contributed by atoms with van der Waals surface area (Å²) in [5, 5.41) is 2.82. The Labute approximate surface area is 167 Å². The number of anilines is 2. The molecule has 1 N–H and O–H groups in total. The standard InChI is InChI=1S/C21H28N2O4S/c1-6-20(21(24)22-17-9-8-10-19(14-17)27-7-2)23(28(5,25)26)18-12-15(3)11-16(4)13-18/h8-14,20H,6-7H2,1-5H3,(H,22,24)/t20-/m1/s1. The summed E-state index contributed by atoms with van der Waals surface area (Å²) in [5.41, 5.74) is 2.92. The van der Waals surface area contributed by atoms with Crippen molar-refractivity contribution in [3.63, 3.8) is 0 Å². The van der Waals surface area contributed by atoms with E-state index in [1.54, 1.807) is 43.3 Å². The molecule has 0 aliphatic heterocycles. The number of hydrogen-bond donors (Lipinski definition) is 1. The number of ether oxygens (including phenoxy) is 1. The third kappa shape index (κ3) is 5.48. The number of rotatable bonds is 8. The summed E-state index contributed by atoms with van der Waals surface area (Å²) in [6.07, 6.45) is 1.45. The van der Waals surface area contributed by atoms with Crippen LogP contribution in [0.25, 0.3) is 0 Å². The van der Waals surface area contributed by atoms with Crippen molar-refractivity contribution in [2.24, 2.45) is 0 Å². The minimum Gasteiger partial charge on any atom is -0.494 e. The van der Waals surface area contributed by atoms with Crippen LogP contribution in [0.15, 0.2) is 42.5 Å². The molecule has 0 saturated heterocycles. The van der Waals surface area contributed by atoms with Crippen molar-refractivity contribution in [1.82, 2.24) is 0 Å². The van der Waals surface area contributed by atoms with Gasteiger partial charge in [-0.15, -0.1) is 0 Å². The van der Waals surface area contributed by atoms with Crippen LogP contribution in [0.4, 0.5) is 11.4 Å². The fourth-order valence-corrected chi connectivity index (χ4v) is 4.39. The summed E-state index contributed by atoms with van der Waals surface area (Å²) in [6, 6.07) is 11.7. The maximum Gasteiger partial charge on any atom is 0.248 e. The van der Waals surface area contributed by atoms with Crippen molar-refractivity contribution in [3.05, 3.63) is 53.6 Å². The number of carbonyl (C=O) groups is 1. The lowest BCUT2D eigenvalue weighted by atomic mass is 10.1. The predicted octanol–water partition coefficient (Wildman–Crippen LogP) is 3.89. The van der Waals surface area contributed by atoms with Gasteiger partial charge >= 0.3 is 0 Å². The summed E-state index contributed by atoms with van der Waals surface area (Å²) in [6.45, 7) is 7.99. The van der Waals surface area contributed by atoms with Crippen LogP contribution in [0, 0.1) is 13.8 Å². The van der Waals surface area contributed by atoms with Crippen molar-refractivity contribution < 1.29 is 17.9 Å². The minimum absolute atomic E-state index is 0.330. The fourth-order valence-electron chi connectivity index (χ4n) is 3.19. The third-order valence-corrected chi connectivity index (χ3v) is 5.38. The first-order chi connectivity index (χ1) is 13.2. The number of nitrogens with one attached hydrogen (secondary N) is 1. The second-order valence-electron chi connectivity index (χ2n) is 6.78. The van der Waals surface area contributed by atoms with Gasteiger partial charge in [0.15, 0.2) is 0 Å². The molecule has 28 heavy (non-hydrogen) atoms. The normalized spacial score (nSPS) is 12.3. The van der Waals surface area contributed by atoms with Gasteiger partial charge in [-0.05, 0) is 62.6 Å². The van der Waals surface area contributed by atoms with Gasteiger partial charge in [-0.3, -0.25) is 9.10 Å². The van der Waals surface area contributed by atoms with Crippen LogP contribution >= 0.6 is 0 Å². The minimum atomic E-state index is -3.67. The van der Waals surface area contributed by atoms with Crippen LogP contribution in [-0.4, -0.2) is 33.2 Å². The van der Waals surface area contributed by atoms with E-state index >= 15 is 0 Å². The first-order valence-electron chi connectivity index (χ1n) is 9.27. The van der Waals surface area contributed by atoms with Gasteiger partial charge in [-0.1, -0.05) is 19.1 Å². The Balaban J connectivity index is 2.38. The molecule has 2 aromatic carbocycles. The third-order valence-electron chi connectivity index (χ3n) is 4.20. The number of amides is 1. The molecule has 0 aromatic heterocycles. The second-order valence-corrected chi connectivity index (χ2v) is 8.64. The zero-order valence-electron chi connectivity index (χ0n) is 17.0. The van der Waals surface area contributed by atoms with Gasteiger partial charge in [0.25, 0.3) is 0 Å².